The van der Waals surface area contributed by atoms with E-state index in [1.165, 1.54) is 4.57 Å². The quantitative estimate of drug-likeness (QED) is 0.593. The largest absolute Gasteiger partial charge is 0.364 e. The number of nitrogens with one attached hydrogen (secondary N) is 1. The Morgan fingerprint density at radius 3 is 2.54 bits per heavy atom. The van der Waals surface area contributed by atoms with E-state index in [-0.39, 0.29) is 11.2 Å². The lowest BCUT2D eigenvalue weighted by atomic mass is 10.1. The van der Waals surface area contributed by atoms with Crippen LogP contribution in [0, 0.1) is 6.92 Å². The molecule has 0 saturated carbocycles. The fraction of sp³-hybridized carbons (Fsp3) is 0.0526. The van der Waals surface area contributed by atoms with Gasteiger partial charge < -0.3 is 10.7 Å². The monoisotopic (exact) mass is 345 g/mol. The van der Waals surface area contributed by atoms with E-state index in [1.54, 1.807) is 12.1 Å². The van der Waals surface area contributed by atoms with Crippen molar-refractivity contribution in [1.29, 1.82) is 0 Å². The number of imidazole rings is 1. The minimum Gasteiger partial charge on any atom is -0.364 e. The molecule has 0 aliphatic carbocycles. The minimum atomic E-state index is -0.729. The molecule has 0 spiro atoms. The Morgan fingerprint density at radius 1 is 1.08 bits per heavy atom. The Labute approximate surface area is 148 Å². The molecule has 4 aromatic rings. The first-order valence-corrected chi connectivity index (χ1v) is 7.99. The zero-order valence-electron chi connectivity index (χ0n) is 13.9. The van der Waals surface area contributed by atoms with Crippen molar-refractivity contribution in [1.82, 2.24) is 19.5 Å². The fourth-order valence-corrected chi connectivity index (χ4v) is 2.89. The molecule has 0 fully saturated rings. The van der Waals surface area contributed by atoms with Crippen LogP contribution in [0.1, 0.15) is 16.1 Å². The second-order valence-electron chi connectivity index (χ2n) is 5.93. The van der Waals surface area contributed by atoms with E-state index in [2.05, 4.69) is 15.0 Å². The van der Waals surface area contributed by atoms with Gasteiger partial charge in [-0.05, 0) is 25.1 Å². The molecule has 0 bridgehead atoms. The van der Waals surface area contributed by atoms with Crippen molar-refractivity contribution in [2.45, 2.75) is 6.92 Å². The zero-order valence-corrected chi connectivity index (χ0v) is 13.9. The minimum absolute atomic E-state index is 0.0155. The summed E-state index contributed by atoms with van der Waals surface area (Å²) in [5.74, 6) is -0.397. The first-order valence-electron chi connectivity index (χ1n) is 7.99. The van der Waals surface area contributed by atoms with Crippen LogP contribution in [-0.4, -0.2) is 25.4 Å². The summed E-state index contributed by atoms with van der Waals surface area (Å²) in [5, 5.41) is 0. The van der Waals surface area contributed by atoms with Crippen LogP contribution in [0.4, 0.5) is 0 Å². The van der Waals surface area contributed by atoms with E-state index >= 15 is 0 Å². The van der Waals surface area contributed by atoms with Gasteiger partial charge in [0.05, 0.1) is 5.69 Å². The highest BCUT2D eigenvalue weighted by molar-refractivity contribution is 6.02. The van der Waals surface area contributed by atoms with Gasteiger partial charge in [-0.2, -0.15) is 0 Å². The van der Waals surface area contributed by atoms with E-state index in [0.29, 0.717) is 17.2 Å². The van der Waals surface area contributed by atoms with Crippen LogP contribution >= 0.6 is 0 Å². The summed E-state index contributed by atoms with van der Waals surface area (Å²) in [6.45, 7) is 1.95. The molecule has 0 unspecified atom stereocenters. The maximum absolute atomic E-state index is 12.5. The number of para-hydroxylation sites is 1. The van der Waals surface area contributed by atoms with E-state index in [1.807, 2.05) is 49.4 Å². The molecule has 7 heteroatoms. The number of aromatic amines is 1. The normalized spacial score (nSPS) is 11.0. The van der Waals surface area contributed by atoms with Gasteiger partial charge in [0, 0.05) is 5.56 Å². The summed E-state index contributed by atoms with van der Waals surface area (Å²) < 4.78 is 1.41. The lowest BCUT2D eigenvalue weighted by molar-refractivity contribution is 0.0997. The highest BCUT2D eigenvalue weighted by Gasteiger charge is 2.20. The summed E-state index contributed by atoms with van der Waals surface area (Å²) in [6.07, 6.45) is 0. The van der Waals surface area contributed by atoms with Gasteiger partial charge in [0.15, 0.2) is 17.2 Å². The molecule has 1 amide bonds. The molecular formula is C19H15N5O2. The zero-order chi connectivity index (χ0) is 18.3. The first kappa shape index (κ1) is 15.8. The van der Waals surface area contributed by atoms with Crippen LogP contribution in [0.25, 0.3) is 28.2 Å². The van der Waals surface area contributed by atoms with Crippen LogP contribution in [0.5, 0.6) is 0 Å². The molecule has 4 rings (SSSR count). The van der Waals surface area contributed by atoms with Gasteiger partial charge >= 0.3 is 5.69 Å². The number of carbonyl (C=O) groups excluding carboxylic acids is 1. The standard InChI is InChI=1S/C19H15N5O2/c1-11-6-5-7-12(10-11)17-21-14(16(20)25)15-18(23-17)24(19(26)22-15)13-8-3-2-4-9-13/h2-10H,1H3,(H2,20,25)(H,22,26). The van der Waals surface area contributed by atoms with Crippen molar-refractivity contribution in [2.24, 2.45) is 5.73 Å². The van der Waals surface area contributed by atoms with Crippen LogP contribution in [-0.2, 0) is 0 Å². The number of aryl methyl sites for hydroxylation is 1. The number of primary amides is 1. The van der Waals surface area contributed by atoms with Gasteiger partial charge in [-0.25, -0.2) is 19.3 Å². The van der Waals surface area contributed by atoms with Gasteiger partial charge in [-0.1, -0.05) is 42.0 Å². The van der Waals surface area contributed by atoms with E-state index < -0.39 is 11.6 Å². The first-order chi connectivity index (χ1) is 12.5. The molecule has 128 valence electrons. The summed E-state index contributed by atoms with van der Waals surface area (Å²) in [4.78, 5) is 35.9. The van der Waals surface area contributed by atoms with Crippen molar-refractivity contribution in [3.8, 4) is 17.1 Å². The van der Waals surface area contributed by atoms with Crippen LogP contribution < -0.4 is 11.4 Å². The van der Waals surface area contributed by atoms with Crippen LogP contribution in [0.2, 0.25) is 0 Å². The predicted octanol–water partition coefficient (Wildman–Crippen LogP) is 2.18. The third kappa shape index (κ3) is 2.55. The van der Waals surface area contributed by atoms with E-state index in [9.17, 15) is 9.59 Å². The maximum atomic E-state index is 12.5. The Kier molecular flexibility index (Phi) is 3.62. The van der Waals surface area contributed by atoms with Gasteiger partial charge in [-0.15, -0.1) is 0 Å². The molecule has 0 radical (unpaired) electrons. The van der Waals surface area contributed by atoms with Gasteiger partial charge in [0.25, 0.3) is 5.91 Å². The molecule has 0 aliphatic heterocycles. The highest BCUT2D eigenvalue weighted by atomic mass is 16.2. The van der Waals surface area contributed by atoms with Gasteiger partial charge in [0.1, 0.15) is 5.52 Å². The van der Waals surface area contributed by atoms with Crippen molar-refractivity contribution >= 4 is 17.1 Å². The summed E-state index contributed by atoms with van der Waals surface area (Å²) in [6, 6.07) is 16.6. The van der Waals surface area contributed by atoms with Gasteiger partial charge in [-0.3, -0.25) is 4.79 Å². The number of rotatable bonds is 3. The SMILES string of the molecule is Cc1cccc(-c2nc(C(N)=O)c3[nH]c(=O)n(-c4ccccc4)c3n2)c1. The number of hydrogen-bond acceptors (Lipinski definition) is 4. The fourth-order valence-electron chi connectivity index (χ4n) is 2.89. The molecule has 2 heterocycles. The molecule has 7 nitrogen and oxygen atoms in total. The maximum Gasteiger partial charge on any atom is 0.332 e. The number of amides is 1. The molecular weight excluding hydrogens is 330 g/mol. The van der Waals surface area contributed by atoms with Crippen molar-refractivity contribution in [3.63, 3.8) is 0 Å². The third-order valence-corrected chi connectivity index (χ3v) is 4.06. The Hall–Kier alpha value is -3.74. The smallest absolute Gasteiger partial charge is 0.332 e. The lowest BCUT2D eigenvalue weighted by Crippen LogP contribution is -2.15. The number of carbonyl (C=O) groups is 1. The number of nitrogens with zero attached hydrogens (tertiary/aromatic N) is 3. The average Bonchev–Trinajstić information content (AvgIpc) is 2.97. The Balaban J connectivity index is 2.08. The predicted molar refractivity (Wildman–Crippen MR) is 98.2 cm³/mol. The summed E-state index contributed by atoms with van der Waals surface area (Å²) in [5.41, 5.74) is 8.00. The van der Waals surface area contributed by atoms with Crippen LogP contribution in [0.15, 0.2) is 59.4 Å². The molecule has 3 N–H and O–H groups in total. The number of fused-ring (bicyclic) bond motifs is 1. The van der Waals surface area contributed by atoms with Crippen molar-refractivity contribution in [3.05, 3.63) is 76.3 Å². The number of aromatic nitrogens is 4. The number of benzene rings is 2. The number of nitrogens with two attached hydrogens (primary N) is 1. The van der Waals surface area contributed by atoms with Crippen LogP contribution in [0.3, 0.4) is 0 Å². The average molecular weight is 345 g/mol. The molecule has 26 heavy (non-hydrogen) atoms. The second kappa shape index (κ2) is 5.96. The van der Waals surface area contributed by atoms with E-state index in [0.717, 1.165) is 11.1 Å². The molecule has 0 atom stereocenters. The molecule has 0 aliphatic rings. The molecule has 2 aromatic carbocycles. The highest BCUT2D eigenvalue weighted by Crippen LogP contribution is 2.22. The number of hydrogen-bond donors (Lipinski definition) is 2. The van der Waals surface area contributed by atoms with Gasteiger partial charge in [0.2, 0.25) is 0 Å². The molecule has 0 saturated heterocycles. The molecule has 2 aromatic heterocycles. The topological polar surface area (TPSA) is 107 Å². The number of H-pyrrole nitrogens is 1. The summed E-state index contributed by atoms with van der Waals surface area (Å²) in [7, 11) is 0. The Morgan fingerprint density at radius 2 is 1.85 bits per heavy atom. The van der Waals surface area contributed by atoms with Crippen molar-refractivity contribution < 1.29 is 4.79 Å². The summed E-state index contributed by atoms with van der Waals surface area (Å²) >= 11 is 0. The van der Waals surface area contributed by atoms with E-state index in [4.69, 9.17) is 5.73 Å². The van der Waals surface area contributed by atoms with Crippen molar-refractivity contribution in [2.75, 3.05) is 0 Å². The lowest BCUT2D eigenvalue weighted by Gasteiger charge is -2.07. The Bertz CT molecular complexity index is 1190. The second-order valence-corrected chi connectivity index (χ2v) is 5.93. The third-order valence-electron chi connectivity index (χ3n) is 4.06.